The summed E-state index contributed by atoms with van der Waals surface area (Å²) in [6, 6.07) is 11.3. The van der Waals surface area contributed by atoms with E-state index < -0.39 is 12.1 Å². The summed E-state index contributed by atoms with van der Waals surface area (Å²) in [7, 11) is 0. The van der Waals surface area contributed by atoms with Gasteiger partial charge >= 0.3 is 5.97 Å². The maximum atomic E-state index is 13.4. The number of nitrogens with zero attached hydrogens (tertiary/aromatic N) is 3. The van der Waals surface area contributed by atoms with Crippen LogP contribution in [0.1, 0.15) is 34.8 Å². The predicted molar refractivity (Wildman–Crippen MR) is 102 cm³/mol. The highest BCUT2D eigenvalue weighted by Gasteiger charge is 2.33. The zero-order chi connectivity index (χ0) is 20.0. The number of carbonyl (C=O) groups is 2. The number of aliphatic carboxylic acids is 1. The first-order valence-electron chi connectivity index (χ1n) is 9.61. The molecule has 8 heteroatoms. The number of morpholine rings is 1. The molecule has 0 unspecified atom stereocenters. The van der Waals surface area contributed by atoms with Crippen molar-refractivity contribution in [3.05, 3.63) is 47.7 Å². The molecule has 2 aliphatic rings. The largest absolute Gasteiger partial charge is 0.479 e. The summed E-state index contributed by atoms with van der Waals surface area (Å²) >= 11 is 0. The van der Waals surface area contributed by atoms with E-state index in [1.165, 1.54) is 4.90 Å². The first-order chi connectivity index (χ1) is 14.1. The summed E-state index contributed by atoms with van der Waals surface area (Å²) in [5.74, 6) is -1.00. The Labute approximate surface area is 166 Å². The quantitative estimate of drug-likeness (QED) is 0.726. The average molecular weight is 393 g/mol. The standard InChI is InChI=1S/C21H19N3O5/c25-20(24-8-9-28-16(11-24)21(26)27)14-10-15(12-6-7-12)22-19-17(14)18(23-29-19)13-4-2-1-3-5-13/h1-5,10,12,16H,6-9,11H2,(H,26,27)/t16-/m0/s1. The Balaban J connectivity index is 1.62. The van der Waals surface area contributed by atoms with Crippen LogP contribution < -0.4 is 0 Å². The fourth-order valence-electron chi connectivity index (χ4n) is 3.67. The number of hydrogen-bond donors (Lipinski definition) is 1. The summed E-state index contributed by atoms with van der Waals surface area (Å²) in [4.78, 5) is 30.9. The number of hydrogen-bond acceptors (Lipinski definition) is 6. The summed E-state index contributed by atoms with van der Waals surface area (Å²) in [6.07, 6.45) is 1.04. The van der Waals surface area contributed by atoms with Gasteiger partial charge in [0.15, 0.2) is 6.10 Å². The molecule has 8 nitrogen and oxygen atoms in total. The molecular formula is C21H19N3O5. The lowest BCUT2D eigenvalue weighted by Gasteiger charge is -2.31. The topological polar surface area (TPSA) is 106 Å². The molecule has 1 N–H and O–H groups in total. The third-order valence-electron chi connectivity index (χ3n) is 5.37. The highest BCUT2D eigenvalue weighted by Crippen LogP contribution is 2.41. The van der Waals surface area contributed by atoms with Gasteiger partial charge in [0, 0.05) is 23.7 Å². The van der Waals surface area contributed by atoms with Crippen LogP contribution in [0, 0.1) is 0 Å². The van der Waals surface area contributed by atoms with Gasteiger partial charge in [0.25, 0.3) is 11.6 Å². The summed E-state index contributed by atoms with van der Waals surface area (Å²) < 4.78 is 10.8. The molecule has 0 spiro atoms. The number of carboxylic acid groups (broad SMARTS) is 1. The third-order valence-corrected chi connectivity index (χ3v) is 5.37. The van der Waals surface area contributed by atoms with E-state index in [1.807, 2.05) is 36.4 Å². The fraction of sp³-hybridized carbons (Fsp3) is 0.333. The monoisotopic (exact) mass is 393 g/mol. The maximum Gasteiger partial charge on any atom is 0.334 e. The zero-order valence-electron chi connectivity index (χ0n) is 15.6. The lowest BCUT2D eigenvalue weighted by molar-refractivity contribution is -0.154. The van der Waals surface area contributed by atoms with E-state index in [2.05, 4.69) is 10.1 Å². The SMILES string of the molecule is O=C(O)[C@@H]1CN(C(=O)c2cc(C3CC3)nc3onc(-c4ccccc4)c23)CCO1. The van der Waals surface area contributed by atoms with E-state index in [0.717, 1.165) is 24.1 Å². The molecule has 1 aliphatic heterocycles. The summed E-state index contributed by atoms with van der Waals surface area (Å²) in [6.45, 7) is 0.515. The lowest BCUT2D eigenvalue weighted by Crippen LogP contribution is -2.48. The van der Waals surface area contributed by atoms with Crippen molar-refractivity contribution in [2.24, 2.45) is 0 Å². The second-order valence-electron chi connectivity index (χ2n) is 7.40. The summed E-state index contributed by atoms with van der Waals surface area (Å²) in [5.41, 5.74) is 2.98. The molecule has 1 atom stereocenters. The van der Waals surface area contributed by atoms with Gasteiger partial charge in [-0.1, -0.05) is 35.5 Å². The molecule has 5 rings (SSSR count). The zero-order valence-corrected chi connectivity index (χ0v) is 15.6. The van der Waals surface area contributed by atoms with Crippen molar-refractivity contribution >= 4 is 23.0 Å². The minimum atomic E-state index is -1.07. The van der Waals surface area contributed by atoms with Gasteiger partial charge in [-0.3, -0.25) is 4.79 Å². The van der Waals surface area contributed by atoms with E-state index in [0.29, 0.717) is 34.8 Å². The Morgan fingerprint density at radius 3 is 2.69 bits per heavy atom. The van der Waals surface area contributed by atoms with Crippen LogP contribution in [0.4, 0.5) is 0 Å². The van der Waals surface area contributed by atoms with Crippen LogP contribution in [0.15, 0.2) is 40.9 Å². The molecule has 1 aromatic carbocycles. The average Bonchev–Trinajstić information content (AvgIpc) is 3.52. The Hall–Kier alpha value is -3.26. The number of aromatic nitrogens is 2. The molecule has 148 valence electrons. The fourth-order valence-corrected chi connectivity index (χ4v) is 3.67. The minimum absolute atomic E-state index is 0.00267. The van der Waals surface area contributed by atoms with Crippen LogP contribution in [-0.4, -0.2) is 57.8 Å². The Morgan fingerprint density at radius 2 is 1.97 bits per heavy atom. The van der Waals surface area contributed by atoms with Crippen molar-refractivity contribution in [1.82, 2.24) is 15.0 Å². The molecule has 1 saturated carbocycles. The second-order valence-corrected chi connectivity index (χ2v) is 7.40. The molecule has 1 saturated heterocycles. The molecule has 1 aliphatic carbocycles. The van der Waals surface area contributed by atoms with E-state index in [1.54, 1.807) is 0 Å². The van der Waals surface area contributed by atoms with E-state index >= 15 is 0 Å². The van der Waals surface area contributed by atoms with Crippen molar-refractivity contribution in [3.8, 4) is 11.3 Å². The van der Waals surface area contributed by atoms with Crippen molar-refractivity contribution < 1.29 is 24.0 Å². The number of pyridine rings is 1. The van der Waals surface area contributed by atoms with Gasteiger partial charge in [0.05, 0.1) is 24.1 Å². The van der Waals surface area contributed by atoms with Crippen molar-refractivity contribution in [2.45, 2.75) is 24.9 Å². The molecule has 0 bridgehead atoms. The van der Waals surface area contributed by atoms with Crippen molar-refractivity contribution in [2.75, 3.05) is 19.7 Å². The number of rotatable bonds is 4. The van der Waals surface area contributed by atoms with Crippen LogP contribution in [-0.2, 0) is 9.53 Å². The normalized spacial score (nSPS) is 19.4. The number of ether oxygens (including phenoxy) is 1. The van der Waals surface area contributed by atoms with Crippen molar-refractivity contribution in [3.63, 3.8) is 0 Å². The van der Waals surface area contributed by atoms with Crippen LogP contribution in [0.25, 0.3) is 22.4 Å². The van der Waals surface area contributed by atoms with E-state index in [9.17, 15) is 14.7 Å². The highest BCUT2D eigenvalue weighted by molar-refractivity contribution is 6.09. The van der Waals surface area contributed by atoms with Crippen molar-refractivity contribution in [1.29, 1.82) is 0 Å². The number of fused-ring (bicyclic) bond motifs is 1. The number of amides is 1. The summed E-state index contributed by atoms with van der Waals surface area (Å²) in [5, 5.41) is 14.0. The maximum absolute atomic E-state index is 13.4. The first-order valence-corrected chi connectivity index (χ1v) is 9.61. The van der Waals surface area contributed by atoms with Gasteiger partial charge in [-0.05, 0) is 18.9 Å². The smallest absolute Gasteiger partial charge is 0.334 e. The molecular weight excluding hydrogens is 374 g/mol. The highest BCUT2D eigenvalue weighted by atomic mass is 16.5. The predicted octanol–water partition coefficient (Wildman–Crippen LogP) is 2.69. The Morgan fingerprint density at radius 1 is 1.17 bits per heavy atom. The Kier molecular flexibility index (Phi) is 4.28. The first kappa shape index (κ1) is 17.8. The van der Waals surface area contributed by atoms with Gasteiger partial charge in [0.2, 0.25) is 0 Å². The Bertz CT molecular complexity index is 1090. The van der Waals surface area contributed by atoms with Crippen LogP contribution >= 0.6 is 0 Å². The molecule has 3 heterocycles. The van der Waals surface area contributed by atoms with Crippen LogP contribution in [0.3, 0.4) is 0 Å². The molecule has 1 amide bonds. The van der Waals surface area contributed by atoms with Gasteiger partial charge in [-0.25, -0.2) is 9.78 Å². The number of benzene rings is 1. The molecule has 29 heavy (non-hydrogen) atoms. The lowest BCUT2D eigenvalue weighted by atomic mass is 10.0. The molecule has 2 aromatic heterocycles. The second kappa shape index (κ2) is 6.97. The van der Waals surface area contributed by atoms with Crippen LogP contribution in [0.2, 0.25) is 0 Å². The van der Waals surface area contributed by atoms with Gasteiger partial charge in [-0.15, -0.1) is 0 Å². The third kappa shape index (κ3) is 3.25. The molecule has 2 fully saturated rings. The molecule has 3 aromatic rings. The molecule has 0 radical (unpaired) electrons. The van der Waals surface area contributed by atoms with Gasteiger partial charge in [0.1, 0.15) is 5.69 Å². The van der Waals surface area contributed by atoms with E-state index in [-0.39, 0.29) is 19.1 Å². The van der Waals surface area contributed by atoms with Gasteiger partial charge < -0.3 is 19.3 Å². The van der Waals surface area contributed by atoms with Crippen LogP contribution in [0.5, 0.6) is 0 Å². The van der Waals surface area contributed by atoms with E-state index in [4.69, 9.17) is 9.26 Å². The number of carbonyl (C=O) groups excluding carboxylic acids is 1. The minimum Gasteiger partial charge on any atom is -0.479 e. The van der Waals surface area contributed by atoms with Gasteiger partial charge in [-0.2, -0.15) is 0 Å². The number of carboxylic acids is 1.